The van der Waals surface area contributed by atoms with Crippen molar-refractivity contribution in [1.82, 2.24) is 0 Å². The van der Waals surface area contributed by atoms with Gasteiger partial charge in [-0.3, -0.25) is 0 Å². The van der Waals surface area contributed by atoms with Crippen LogP contribution in [0.15, 0.2) is 18.2 Å². The first-order valence-corrected chi connectivity index (χ1v) is 5.96. The highest BCUT2D eigenvalue weighted by atomic mass is 16.5. The summed E-state index contributed by atoms with van der Waals surface area (Å²) in [5.41, 5.74) is 1.08. The lowest BCUT2D eigenvalue weighted by molar-refractivity contribution is 0.0555. The van der Waals surface area contributed by atoms with E-state index in [1.165, 1.54) is 14.2 Å². The molecular formula is C14H19NO4. The van der Waals surface area contributed by atoms with Crippen LogP contribution in [0.1, 0.15) is 34.6 Å². The summed E-state index contributed by atoms with van der Waals surface area (Å²) in [5, 5.41) is 0. The Kier molecular flexibility index (Phi) is 4.92. The summed E-state index contributed by atoms with van der Waals surface area (Å²) in [6.07, 6.45) is 0. The molecule has 0 N–H and O–H groups in total. The fraction of sp³-hybridized carbons (Fsp3) is 0.429. The molecule has 0 aliphatic rings. The van der Waals surface area contributed by atoms with E-state index < -0.39 is 11.9 Å². The largest absolute Gasteiger partial charge is 0.465 e. The van der Waals surface area contributed by atoms with Crippen molar-refractivity contribution < 1.29 is 19.1 Å². The topological polar surface area (TPSA) is 55.8 Å². The van der Waals surface area contributed by atoms with Gasteiger partial charge in [-0.05, 0) is 26.0 Å². The minimum atomic E-state index is -0.556. The SMILES string of the molecule is COC(=O)c1cccc(N(C)C(C)C)c1C(=O)OC. The van der Waals surface area contributed by atoms with Crippen molar-refractivity contribution >= 4 is 17.6 Å². The number of nitrogens with zero attached hydrogens (tertiary/aromatic N) is 1. The van der Waals surface area contributed by atoms with Crippen molar-refractivity contribution in [2.45, 2.75) is 19.9 Å². The van der Waals surface area contributed by atoms with Crippen molar-refractivity contribution in [3.63, 3.8) is 0 Å². The van der Waals surface area contributed by atoms with Gasteiger partial charge in [0.2, 0.25) is 0 Å². The fourth-order valence-corrected chi connectivity index (χ4v) is 1.71. The zero-order valence-corrected chi connectivity index (χ0v) is 11.9. The molecule has 104 valence electrons. The van der Waals surface area contributed by atoms with Crippen LogP contribution < -0.4 is 4.90 Å². The molecule has 19 heavy (non-hydrogen) atoms. The van der Waals surface area contributed by atoms with E-state index in [0.29, 0.717) is 5.69 Å². The van der Waals surface area contributed by atoms with Crippen LogP contribution in [0.3, 0.4) is 0 Å². The molecule has 0 amide bonds. The first-order valence-electron chi connectivity index (χ1n) is 5.96. The number of anilines is 1. The maximum atomic E-state index is 11.9. The smallest absolute Gasteiger partial charge is 0.340 e. The van der Waals surface area contributed by atoms with Crippen LogP contribution in [0.4, 0.5) is 5.69 Å². The second-order valence-corrected chi connectivity index (χ2v) is 4.39. The lowest BCUT2D eigenvalue weighted by Gasteiger charge is -2.26. The molecule has 0 aliphatic heterocycles. The second kappa shape index (κ2) is 6.22. The van der Waals surface area contributed by atoms with Gasteiger partial charge in [0.1, 0.15) is 0 Å². The molecule has 1 rings (SSSR count). The summed E-state index contributed by atoms with van der Waals surface area (Å²) in [7, 11) is 4.42. The zero-order chi connectivity index (χ0) is 14.6. The van der Waals surface area contributed by atoms with Gasteiger partial charge < -0.3 is 14.4 Å². The van der Waals surface area contributed by atoms with Crippen LogP contribution >= 0.6 is 0 Å². The van der Waals surface area contributed by atoms with Gasteiger partial charge >= 0.3 is 11.9 Å². The van der Waals surface area contributed by atoms with E-state index in [0.717, 1.165) is 0 Å². The van der Waals surface area contributed by atoms with Crippen molar-refractivity contribution in [3.05, 3.63) is 29.3 Å². The van der Waals surface area contributed by atoms with Crippen molar-refractivity contribution in [2.75, 3.05) is 26.2 Å². The van der Waals surface area contributed by atoms with E-state index >= 15 is 0 Å². The fourth-order valence-electron chi connectivity index (χ4n) is 1.71. The van der Waals surface area contributed by atoms with Gasteiger partial charge in [-0.15, -0.1) is 0 Å². The van der Waals surface area contributed by atoms with Crippen molar-refractivity contribution in [3.8, 4) is 0 Å². The molecule has 0 bridgehead atoms. The molecule has 0 spiro atoms. The number of hydrogen-bond donors (Lipinski definition) is 0. The summed E-state index contributed by atoms with van der Waals surface area (Å²) in [4.78, 5) is 25.6. The Bertz CT molecular complexity index is 482. The minimum Gasteiger partial charge on any atom is -0.465 e. The number of rotatable bonds is 4. The van der Waals surface area contributed by atoms with Crippen LogP contribution in [0.25, 0.3) is 0 Å². The molecule has 0 radical (unpaired) electrons. The zero-order valence-electron chi connectivity index (χ0n) is 11.9. The molecule has 5 heteroatoms. The van der Waals surface area contributed by atoms with Crippen LogP contribution in [-0.4, -0.2) is 39.2 Å². The van der Waals surface area contributed by atoms with Crippen LogP contribution in [-0.2, 0) is 9.47 Å². The average Bonchev–Trinajstić information content (AvgIpc) is 2.43. The first-order chi connectivity index (χ1) is 8.93. The lowest BCUT2D eigenvalue weighted by Crippen LogP contribution is -2.28. The normalized spacial score (nSPS) is 10.2. The maximum Gasteiger partial charge on any atom is 0.340 e. The standard InChI is InChI=1S/C14H19NO4/c1-9(2)15(3)11-8-6-7-10(13(16)18-4)12(11)14(17)19-5/h6-9H,1-5H3. The van der Waals surface area contributed by atoms with Crippen LogP contribution in [0.2, 0.25) is 0 Å². The van der Waals surface area contributed by atoms with E-state index in [-0.39, 0.29) is 17.2 Å². The van der Waals surface area contributed by atoms with E-state index in [9.17, 15) is 9.59 Å². The number of hydrogen-bond acceptors (Lipinski definition) is 5. The summed E-state index contributed by atoms with van der Waals surface area (Å²) in [6, 6.07) is 5.22. The highest BCUT2D eigenvalue weighted by Crippen LogP contribution is 2.26. The number of carbonyl (C=O) groups is 2. The van der Waals surface area contributed by atoms with Crippen LogP contribution in [0.5, 0.6) is 0 Å². The second-order valence-electron chi connectivity index (χ2n) is 4.39. The first kappa shape index (κ1) is 15.0. The lowest BCUT2D eigenvalue weighted by atomic mass is 10.0. The highest BCUT2D eigenvalue weighted by Gasteiger charge is 2.24. The molecule has 0 heterocycles. The number of ether oxygens (including phenoxy) is 2. The predicted octanol–water partition coefficient (Wildman–Crippen LogP) is 2.10. The number of carbonyl (C=O) groups excluding carboxylic acids is 2. The molecule has 0 unspecified atom stereocenters. The Labute approximate surface area is 113 Å². The predicted molar refractivity (Wildman–Crippen MR) is 72.7 cm³/mol. The highest BCUT2D eigenvalue weighted by molar-refractivity contribution is 6.07. The Morgan fingerprint density at radius 3 is 2.16 bits per heavy atom. The molecule has 0 aromatic heterocycles. The third-order valence-corrected chi connectivity index (χ3v) is 2.99. The van der Waals surface area contributed by atoms with Crippen LogP contribution in [0, 0.1) is 0 Å². The van der Waals surface area contributed by atoms with Gasteiger partial charge in [0.15, 0.2) is 0 Å². The summed E-state index contributed by atoms with van der Waals surface area (Å²) < 4.78 is 9.47. The minimum absolute atomic E-state index is 0.177. The van der Waals surface area contributed by atoms with Gasteiger partial charge in [0, 0.05) is 13.1 Å². The number of benzene rings is 1. The average molecular weight is 265 g/mol. The third kappa shape index (κ3) is 3.05. The van der Waals surface area contributed by atoms with E-state index in [1.807, 2.05) is 25.8 Å². The van der Waals surface area contributed by atoms with Gasteiger partial charge in [-0.2, -0.15) is 0 Å². The van der Waals surface area contributed by atoms with E-state index in [4.69, 9.17) is 9.47 Å². The Morgan fingerprint density at radius 1 is 1.11 bits per heavy atom. The number of methoxy groups -OCH3 is 2. The quantitative estimate of drug-likeness (QED) is 0.780. The summed E-state index contributed by atoms with van der Waals surface area (Å²) in [6.45, 7) is 3.98. The van der Waals surface area contributed by atoms with Crippen molar-refractivity contribution in [1.29, 1.82) is 0 Å². The van der Waals surface area contributed by atoms with E-state index in [2.05, 4.69) is 0 Å². The Hall–Kier alpha value is -2.04. The van der Waals surface area contributed by atoms with Gasteiger partial charge in [0.25, 0.3) is 0 Å². The maximum absolute atomic E-state index is 11.9. The monoisotopic (exact) mass is 265 g/mol. The molecular weight excluding hydrogens is 246 g/mol. The molecule has 0 fully saturated rings. The van der Waals surface area contributed by atoms with Gasteiger partial charge in [-0.1, -0.05) is 6.07 Å². The van der Waals surface area contributed by atoms with Crippen molar-refractivity contribution in [2.24, 2.45) is 0 Å². The Morgan fingerprint density at radius 2 is 1.68 bits per heavy atom. The van der Waals surface area contributed by atoms with Gasteiger partial charge in [-0.25, -0.2) is 9.59 Å². The van der Waals surface area contributed by atoms with Gasteiger partial charge in [0.05, 0.1) is 31.0 Å². The molecule has 1 aromatic rings. The molecule has 0 saturated carbocycles. The Balaban J connectivity index is 3.47. The molecule has 1 aromatic carbocycles. The molecule has 0 aliphatic carbocycles. The molecule has 0 atom stereocenters. The number of esters is 2. The summed E-state index contributed by atoms with van der Waals surface area (Å²) in [5.74, 6) is -1.11. The third-order valence-electron chi connectivity index (χ3n) is 2.99. The molecule has 5 nitrogen and oxygen atoms in total. The van der Waals surface area contributed by atoms with E-state index in [1.54, 1.807) is 18.2 Å². The molecule has 0 saturated heterocycles. The summed E-state index contributed by atoms with van der Waals surface area (Å²) >= 11 is 0.